The molecule has 9 heteroatoms. The van der Waals surface area contributed by atoms with E-state index in [0.717, 1.165) is 17.7 Å². The molecule has 132 valence electrons. The zero-order valence-corrected chi connectivity index (χ0v) is 15.2. The molecule has 1 saturated carbocycles. The van der Waals surface area contributed by atoms with E-state index in [1.807, 2.05) is 0 Å². The molecule has 0 aromatic carbocycles. The SMILES string of the molecule is CC(=O)NCc1ccc(S(=O)(=O)N2CCN(C(=O)C3CC3)CC2)s1. The van der Waals surface area contributed by atoms with Crippen LogP contribution < -0.4 is 5.32 Å². The molecule has 24 heavy (non-hydrogen) atoms. The Morgan fingerprint density at radius 3 is 2.46 bits per heavy atom. The van der Waals surface area contributed by atoms with Crippen LogP contribution in [0, 0.1) is 5.92 Å². The lowest BCUT2D eigenvalue weighted by molar-refractivity contribution is -0.133. The highest BCUT2D eigenvalue weighted by atomic mass is 32.2. The standard InChI is InChI=1S/C15H21N3O4S2/c1-11(19)16-10-13-4-5-14(23-13)24(21,22)18-8-6-17(7-9-18)15(20)12-2-3-12/h4-5,12H,2-3,6-10H2,1H3,(H,16,19). The highest BCUT2D eigenvalue weighted by Crippen LogP contribution is 2.32. The molecule has 0 radical (unpaired) electrons. The Morgan fingerprint density at radius 1 is 1.21 bits per heavy atom. The topological polar surface area (TPSA) is 86.8 Å². The number of rotatable bonds is 5. The van der Waals surface area contributed by atoms with Gasteiger partial charge in [-0.3, -0.25) is 9.59 Å². The first kappa shape index (κ1) is 17.4. The van der Waals surface area contributed by atoms with Crippen LogP contribution in [0.1, 0.15) is 24.6 Å². The van der Waals surface area contributed by atoms with Crippen molar-refractivity contribution in [1.29, 1.82) is 0 Å². The Balaban J connectivity index is 1.61. The van der Waals surface area contributed by atoms with Crippen molar-refractivity contribution in [3.05, 3.63) is 17.0 Å². The maximum absolute atomic E-state index is 12.7. The third-order valence-corrected chi connectivity index (χ3v) is 7.67. The Morgan fingerprint density at radius 2 is 1.88 bits per heavy atom. The predicted octanol–water partition coefficient (Wildman–Crippen LogP) is 0.627. The van der Waals surface area contributed by atoms with Gasteiger partial charge in [-0.05, 0) is 25.0 Å². The molecule has 0 atom stereocenters. The number of piperazine rings is 1. The summed E-state index contributed by atoms with van der Waals surface area (Å²) in [5.41, 5.74) is 0. The Bertz CT molecular complexity index is 732. The van der Waals surface area contributed by atoms with Gasteiger partial charge in [0.15, 0.2) is 0 Å². The number of nitrogens with one attached hydrogen (secondary N) is 1. The minimum Gasteiger partial charge on any atom is -0.351 e. The van der Waals surface area contributed by atoms with Crippen LogP contribution in [0.3, 0.4) is 0 Å². The van der Waals surface area contributed by atoms with Crippen LogP contribution >= 0.6 is 11.3 Å². The van der Waals surface area contributed by atoms with Crippen molar-refractivity contribution in [2.24, 2.45) is 5.92 Å². The minimum absolute atomic E-state index is 0.149. The first-order chi connectivity index (χ1) is 11.4. The second-order valence-corrected chi connectivity index (χ2v) is 9.47. The average molecular weight is 371 g/mol. The number of thiophene rings is 1. The number of amides is 2. The van der Waals surface area contributed by atoms with Crippen molar-refractivity contribution in [1.82, 2.24) is 14.5 Å². The molecule has 2 fully saturated rings. The molecule has 1 aromatic heterocycles. The molecular weight excluding hydrogens is 350 g/mol. The highest BCUT2D eigenvalue weighted by molar-refractivity contribution is 7.91. The Labute approximate surface area is 145 Å². The summed E-state index contributed by atoms with van der Waals surface area (Å²) >= 11 is 1.17. The lowest BCUT2D eigenvalue weighted by atomic mass is 10.3. The van der Waals surface area contributed by atoms with Gasteiger partial charge in [-0.25, -0.2) is 8.42 Å². The molecule has 2 aliphatic rings. The molecule has 0 spiro atoms. The number of nitrogens with zero attached hydrogens (tertiary/aromatic N) is 2. The Hall–Kier alpha value is -1.45. The predicted molar refractivity (Wildman–Crippen MR) is 89.9 cm³/mol. The number of carbonyl (C=O) groups is 2. The normalized spacial score (nSPS) is 19.3. The summed E-state index contributed by atoms with van der Waals surface area (Å²) in [5.74, 6) is 0.187. The Kier molecular flexibility index (Phi) is 4.93. The summed E-state index contributed by atoms with van der Waals surface area (Å²) in [6.45, 7) is 3.34. The van der Waals surface area contributed by atoms with Crippen molar-refractivity contribution >= 4 is 33.2 Å². The second-order valence-electron chi connectivity index (χ2n) is 6.13. The highest BCUT2D eigenvalue weighted by Gasteiger charge is 2.36. The van der Waals surface area contributed by atoms with Gasteiger partial charge in [0.1, 0.15) is 4.21 Å². The molecule has 1 aliphatic heterocycles. The summed E-state index contributed by atoms with van der Waals surface area (Å²) in [7, 11) is -3.53. The summed E-state index contributed by atoms with van der Waals surface area (Å²) in [6, 6.07) is 3.30. The van der Waals surface area contributed by atoms with Gasteiger partial charge in [-0.1, -0.05) is 0 Å². The van der Waals surface area contributed by atoms with E-state index in [9.17, 15) is 18.0 Å². The van der Waals surface area contributed by atoms with Crippen molar-refractivity contribution in [2.75, 3.05) is 26.2 Å². The molecule has 1 N–H and O–H groups in total. The van der Waals surface area contributed by atoms with E-state index < -0.39 is 10.0 Å². The van der Waals surface area contributed by atoms with Gasteiger partial charge in [-0.15, -0.1) is 11.3 Å². The minimum atomic E-state index is -3.53. The van der Waals surface area contributed by atoms with E-state index in [1.54, 1.807) is 17.0 Å². The smallest absolute Gasteiger partial charge is 0.252 e. The van der Waals surface area contributed by atoms with Gasteiger partial charge in [0.25, 0.3) is 10.0 Å². The van der Waals surface area contributed by atoms with Crippen molar-refractivity contribution in [3.8, 4) is 0 Å². The number of sulfonamides is 1. The van der Waals surface area contributed by atoms with Gasteiger partial charge in [0, 0.05) is 43.9 Å². The second kappa shape index (κ2) is 6.81. The number of carbonyl (C=O) groups excluding carboxylic acids is 2. The van der Waals surface area contributed by atoms with Gasteiger partial charge >= 0.3 is 0 Å². The largest absolute Gasteiger partial charge is 0.351 e. The zero-order chi connectivity index (χ0) is 17.3. The van der Waals surface area contributed by atoms with Gasteiger partial charge < -0.3 is 10.2 Å². The quantitative estimate of drug-likeness (QED) is 0.822. The van der Waals surface area contributed by atoms with E-state index in [2.05, 4.69) is 5.32 Å². The van der Waals surface area contributed by atoms with Gasteiger partial charge in [0.2, 0.25) is 11.8 Å². The molecule has 1 saturated heterocycles. The monoisotopic (exact) mass is 371 g/mol. The maximum atomic E-state index is 12.7. The van der Waals surface area contributed by atoms with E-state index in [-0.39, 0.29) is 21.9 Å². The van der Waals surface area contributed by atoms with Crippen LogP contribution in [0.15, 0.2) is 16.3 Å². The molecule has 1 aliphatic carbocycles. The van der Waals surface area contributed by atoms with Crippen LogP contribution in [-0.2, 0) is 26.2 Å². The molecule has 7 nitrogen and oxygen atoms in total. The maximum Gasteiger partial charge on any atom is 0.252 e. The molecular formula is C15H21N3O4S2. The third-order valence-electron chi connectivity index (χ3n) is 4.22. The summed E-state index contributed by atoms with van der Waals surface area (Å²) < 4.78 is 27.1. The molecule has 0 bridgehead atoms. The van der Waals surface area contributed by atoms with Crippen LogP contribution in [0.2, 0.25) is 0 Å². The fourth-order valence-electron chi connectivity index (χ4n) is 2.67. The van der Waals surface area contributed by atoms with Crippen molar-refractivity contribution in [2.45, 2.75) is 30.5 Å². The van der Waals surface area contributed by atoms with Gasteiger partial charge in [0.05, 0.1) is 6.54 Å². The molecule has 2 heterocycles. The van der Waals surface area contributed by atoms with E-state index in [4.69, 9.17) is 0 Å². The molecule has 0 unspecified atom stereocenters. The van der Waals surface area contributed by atoms with Crippen molar-refractivity contribution < 1.29 is 18.0 Å². The average Bonchev–Trinajstić information content (AvgIpc) is 3.29. The molecule has 3 rings (SSSR count). The van der Waals surface area contributed by atoms with Gasteiger partial charge in [-0.2, -0.15) is 4.31 Å². The first-order valence-electron chi connectivity index (χ1n) is 8.00. The molecule has 1 aromatic rings. The fraction of sp³-hybridized carbons (Fsp3) is 0.600. The third kappa shape index (κ3) is 3.79. The van der Waals surface area contributed by atoms with E-state index in [1.165, 1.54) is 22.6 Å². The van der Waals surface area contributed by atoms with Crippen molar-refractivity contribution in [3.63, 3.8) is 0 Å². The lowest BCUT2D eigenvalue weighted by Gasteiger charge is -2.33. The van der Waals surface area contributed by atoms with Crippen LogP contribution in [0.25, 0.3) is 0 Å². The summed E-state index contributed by atoms with van der Waals surface area (Å²) in [5, 5.41) is 2.66. The number of hydrogen-bond acceptors (Lipinski definition) is 5. The van der Waals surface area contributed by atoms with Crippen LogP contribution in [0.4, 0.5) is 0 Å². The van der Waals surface area contributed by atoms with E-state index >= 15 is 0 Å². The van der Waals surface area contributed by atoms with Crippen LogP contribution in [-0.4, -0.2) is 55.6 Å². The zero-order valence-electron chi connectivity index (χ0n) is 13.5. The fourth-order valence-corrected chi connectivity index (χ4v) is 5.54. The van der Waals surface area contributed by atoms with Crippen LogP contribution in [0.5, 0.6) is 0 Å². The molecule has 2 amide bonds. The first-order valence-corrected chi connectivity index (χ1v) is 10.3. The van der Waals surface area contributed by atoms with E-state index in [0.29, 0.717) is 32.7 Å². The lowest BCUT2D eigenvalue weighted by Crippen LogP contribution is -2.50. The number of hydrogen-bond donors (Lipinski definition) is 1. The summed E-state index contributed by atoms with van der Waals surface area (Å²) in [6.07, 6.45) is 1.92. The summed E-state index contributed by atoms with van der Waals surface area (Å²) in [4.78, 5) is 25.6.